The lowest BCUT2D eigenvalue weighted by atomic mass is 9.79. The summed E-state index contributed by atoms with van der Waals surface area (Å²) in [6.07, 6.45) is 1.05. The van der Waals surface area contributed by atoms with Crippen LogP contribution in [-0.2, 0) is 11.3 Å². The molecule has 0 radical (unpaired) electrons. The second-order valence-corrected chi connectivity index (χ2v) is 8.57. The van der Waals surface area contributed by atoms with Gasteiger partial charge >= 0.3 is 0 Å². The Morgan fingerprint density at radius 2 is 2.00 bits per heavy atom. The normalized spacial score (nSPS) is 24.5. The number of hydrogen-bond donors (Lipinski definition) is 1. The van der Waals surface area contributed by atoms with Gasteiger partial charge in [-0.15, -0.1) is 0 Å². The van der Waals surface area contributed by atoms with Crippen molar-refractivity contribution < 1.29 is 9.47 Å². The number of halogens is 1. The lowest BCUT2D eigenvalue weighted by molar-refractivity contribution is 0.0322. The monoisotopic (exact) mass is 381 g/mol. The summed E-state index contributed by atoms with van der Waals surface area (Å²) in [7, 11) is 0. The second kappa shape index (κ2) is 8.89. The van der Waals surface area contributed by atoms with Gasteiger partial charge in [-0.05, 0) is 29.5 Å². The minimum atomic E-state index is 0.157. The molecule has 146 valence electrons. The highest BCUT2D eigenvalue weighted by Crippen LogP contribution is 2.30. The Hall–Kier alpha value is -0.850. The first-order chi connectivity index (χ1) is 12.4. The largest absolute Gasteiger partial charge is 0.491 e. The molecule has 3 rings (SSSR count). The van der Waals surface area contributed by atoms with Gasteiger partial charge in [0.2, 0.25) is 0 Å². The molecular formula is C20H32ClN3O2. The van der Waals surface area contributed by atoms with E-state index in [1.165, 1.54) is 5.56 Å². The van der Waals surface area contributed by atoms with Crippen molar-refractivity contribution in [2.24, 2.45) is 11.1 Å². The minimum absolute atomic E-state index is 0.157. The van der Waals surface area contributed by atoms with E-state index in [-0.39, 0.29) is 11.5 Å². The molecule has 1 aromatic rings. The fourth-order valence-corrected chi connectivity index (χ4v) is 4.01. The molecule has 2 aliphatic rings. The molecule has 1 unspecified atom stereocenters. The lowest BCUT2D eigenvalue weighted by Crippen LogP contribution is -2.52. The van der Waals surface area contributed by atoms with Crippen LogP contribution < -0.4 is 10.5 Å². The zero-order valence-corrected chi connectivity index (χ0v) is 16.8. The summed E-state index contributed by atoms with van der Waals surface area (Å²) >= 11 is 6.45. The Balaban J connectivity index is 1.49. The van der Waals surface area contributed by atoms with E-state index >= 15 is 0 Å². The summed E-state index contributed by atoms with van der Waals surface area (Å²) in [5, 5.41) is 0.692. The summed E-state index contributed by atoms with van der Waals surface area (Å²) < 4.78 is 11.3. The predicted molar refractivity (Wildman–Crippen MR) is 106 cm³/mol. The number of nitrogens with zero attached hydrogens (tertiary/aromatic N) is 2. The molecular weight excluding hydrogens is 350 g/mol. The van der Waals surface area contributed by atoms with E-state index in [9.17, 15) is 0 Å². The molecule has 0 bridgehead atoms. The SMILES string of the molecule is CC1(C)CN(Cc2ccc(OCCN3CCOCC3)c(Cl)c2)CCC1N. The Morgan fingerprint density at radius 3 is 2.69 bits per heavy atom. The Morgan fingerprint density at radius 1 is 1.23 bits per heavy atom. The summed E-state index contributed by atoms with van der Waals surface area (Å²) in [6.45, 7) is 12.6. The highest BCUT2D eigenvalue weighted by atomic mass is 35.5. The number of piperidine rings is 1. The molecule has 0 spiro atoms. The van der Waals surface area contributed by atoms with Crippen molar-refractivity contribution in [3.8, 4) is 5.75 Å². The maximum atomic E-state index is 6.45. The van der Waals surface area contributed by atoms with Crippen LogP contribution in [0.25, 0.3) is 0 Å². The average molecular weight is 382 g/mol. The van der Waals surface area contributed by atoms with Crippen LogP contribution in [0.2, 0.25) is 5.02 Å². The molecule has 0 amide bonds. The lowest BCUT2D eigenvalue weighted by Gasteiger charge is -2.42. The van der Waals surface area contributed by atoms with Gasteiger partial charge in [-0.2, -0.15) is 0 Å². The third-order valence-corrected chi connectivity index (χ3v) is 5.86. The maximum absolute atomic E-state index is 6.45. The highest BCUT2D eigenvalue weighted by molar-refractivity contribution is 6.32. The van der Waals surface area contributed by atoms with Crippen LogP contribution in [0.3, 0.4) is 0 Å². The van der Waals surface area contributed by atoms with Crippen LogP contribution in [0.1, 0.15) is 25.8 Å². The number of benzene rings is 1. The van der Waals surface area contributed by atoms with Crippen LogP contribution in [0, 0.1) is 5.41 Å². The van der Waals surface area contributed by atoms with E-state index < -0.39 is 0 Å². The van der Waals surface area contributed by atoms with Crippen molar-refractivity contribution in [3.05, 3.63) is 28.8 Å². The molecule has 0 saturated carbocycles. The van der Waals surface area contributed by atoms with Gasteiger partial charge in [-0.3, -0.25) is 9.80 Å². The van der Waals surface area contributed by atoms with Crippen LogP contribution in [0.4, 0.5) is 0 Å². The van der Waals surface area contributed by atoms with E-state index in [1.807, 2.05) is 12.1 Å². The Labute approximate surface area is 162 Å². The molecule has 2 fully saturated rings. The molecule has 2 heterocycles. The van der Waals surface area contributed by atoms with E-state index in [0.29, 0.717) is 11.6 Å². The zero-order valence-electron chi connectivity index (χ0n) is 16.0. The molecule has 0 aliphatic carbocycles. The molecule has 2 N–H and O–H groups in total. The van der Waals surface area contributed by atoms with E-state index in [2.05, 4.69) is 29.7 Å². The van der Waals surface area contributed by atoms with Gasteiger partial charge in [-0.25, -0.2) is 0 Å². The van der Waals surface area contributed by atoms with Crippen LogP contribution >= 0.6 is 11.6 Å². The summed E-state index contributed by atoms with van der Waals surface area (Å²) in [5.74, 6) is 0.768. The number of nitrogens with two attached hydrogens (primary N) is 1. The molecule has 2 saturated heterocycles. The van der Waals surface area contributed by atoms with Crippen molar-refractivity contribution in [3.63, 3.8) is 0 Å². The number of hydrogen-bond acceptors (Lipinski definition) is 5. The highest BCUT2D eigenvalue weighted by Gasteiger charge is 2.33. The van der Waals surface area contributed by atoms with Crippen molar-refractivity contribution in [2.75, 3.05) is 52.5 Å². The fourth-order valence-electron chi connectivity index (χ4n) is 3.75. The zero-order chi connectivity index (χ0) is 18.6. The molecule has 0 aromatic heterocycles. The summed E-state index contributed by atoms with van der Waals surface area (Å²) in [4.78, 5) is 4.82. The van der Waals surface area contributed by atoms with Crippen LogP contribution in [0.5, 0.6) is 5.75 Å². The van der Waals surface area contributed by atoms with E-state index in [4.69, 9.17) is 26.8 Å². The number of likely N-dealkylation sites (tertiary alicyclic amines) is 1. The third kappa shape index (κ3) is 5.33. The number of rotatable bonds is 6. The number of morpholine rings is 1. The minimum Gasteiger partial charge on any atom is -0.491 e. The van der Waals surface area contributed by atoms with Crippen molar-refractivity contribution >= 4 is 11.6 Å². The fraction of sp³-hybridized carbons (Fsp3) is 0.700. The van der Waals surface area contributed by atoms with Crippen molar-refractivity contribution in [2.45, 2.75) is 32.9 Å². The van der Waals surface area contributed by atoms with E-state index in [1.54, 1.807) is 0 Å². The second-order valence-electron chi connectivity index (χ2n) is 8.16. The van der Waals surface area contributed by atoms with Gasteiger partial charge in [0.25, 0.3) is 0 Å². The standard InChI is InChI=1S/C20H32ClN3O2/c1-20(2)15-24(6-5-19(20)22)14-16-3-4-18(17(21)13-16)26-12-9-23-7-10-25-11-8-23/h3-4,13,19H,5-12,14-15,22H2,1-2H3. The van der Waals surface area contributed by atoms with Gasteiger partial charge in [0.15, 0.2) is 0 Å². The summed E-state index contributed by atoms with van der Waals surface area (Å²) in [6, 6.07) is 6.44. The first-order valence-electron chi connectivity index (χ1n) is 9.63. The molecule has 2 aliphatic heterocycles. The van der Waals surface area contributed by atoms with Crippen LogP contribution in [-0.4, -0.2) is 68.4 Å². The Kier molecular flexibility index (Phi) is 6.81. The molecule has 6 heteroatoms. The molecule has 1 atom stereocenters. The van der Waals surface area contributed by atoms with Gasteiger partial charge in [0.1, 0.15) is 12.4 Å². The van der Waals surface area contributed by atoms with Gasteiger partial charge in [0.05, 0.1) is 18.2 Å². The topological polar surface area (TPSA) is 51.0 Å². The van der Waals surface area contributed by atoms with E-state index in [0.717, 1.165) is 64.7 Å². The quantitative estimate of drug-likeness (QED) is 0.820. The smallest absolute Gasteiger partial charge is 0.137 e. The molecule has 5 nitrogen and oxygen atoms in total. The van der Waals surface area contributed by atoms with Gasteiger partial charge in [0, 0.05) is 45.3 Å². The van der Waals surface area contributed by atoms with Gasteiger partial charge in [-0.1, -0.05) is 31.5 Å². The molecule has 26 heavy (non-hydrogen) atoms. The van der Waals surface area contributed by atoms with Gasteiger partial charge < -0.3 is 15.2 Å². The maximum Gasteiger partial charge on any atom is 0.137 e. The first-order valence-corrected chi connectivity index (χ1v) is 10.0. The number of ether oxygens (including phenoxy) is 2. The summed E-state index contributed by atoms with van der Waals surface area (Å²) in [5.41, 5.74) is 7.62. The predicted octanol–water partition coefficient (Wildman–Crippen LogP) is 2.61. The first kappa shape index (κ1) is 19.9. The van der Waals surface area contributed by atoms with Crippen LogP contribution in [0.15, 0.2) is 18.2 Å². The average Bonchev–Trinajstić information content (AvgIpc) is 2.61. The van der Waals surface area contributed by atoms with Crippen molar-refractivity contribution in [1.29, 1.82) is 0 Å². The van der Waals surface area contributed by atoms with Crippen molar-refractivity contribution in [1.82, 2.24) is 9.80 Å². The molecule has 1 aromatic carbocycles. The third-order valence-electron chi connectivity index (χ3n) is 5.56. The Bertz CT molecular complexity index is 590.